The fraction of sp³-hybridized carbons (Fsp3) is 0. The molecule has 0 bridgehead atoms. The Bertz CT molecular complexity index is 385. The molecule has 1 aromatic rings. The van der Waals surface area contributed by atoms with Crippen molar-refractivity contribution in [3.8, 4) is 5.40 Å². The van der Waals surface area contributed by atoms with Crippen LogP contribution in [0.1, 0.15) is 0 Å². The lowest BCUT2D eigenvalue weighted by Gasteiger charge is -2.00. The van der Waals surface area contributed by atoms with E-state index in [9.17, 15) is 17.6 Å². The Labute approximate surface area is 75.0 Å². The van der Waals surface area contributed by atoms with Crippen molar-refractivity contribution in [2.45, 2.75) is 4.90 Å². The molecule has 0 aromatic heterocycles. The van der Waals surface area contributed by atoms with Crippen molar-refractivity contribution in [1.29, 1.82) is 5.26 Å². The van der Waals surface area contributed by atoms with Crippen molar-refractivity contribution >= 4 is 11.8 Å². The van der Waals surface area contributed by atoms with Gasteiger partial charge in [-0.3, -0.25) is 0 Å². The number of hydrogen-bond acceptors (Lipinski definition) is 2. The minimum absolute atomic E-state index is 0.100. The number of thioether (sulfide) groups is 1. The number of thiocyanates is 1. The Kier molecular flexibility index (Phi) is 2.78. The van der Waals surface area contributed by atoms with Crippen LogP contribution in [-0.4, -0.2) is 0 Å². The topological polar surface area (TPSA) is 23.8 Å². The standard InChI is InChI=1S/C7HF4NS/c8-3-1-4(9)7(13-2-12)6(11)5(3)10/h1H. The van der Waals surface area contributed by atoms with Crippen molar-refractivity contribution in [2.75, 3.05) is 0 Å². The average Bonchev–Trinajstić information content (AvgIpc) is 2.09. The number of benzene rings is 1. The first kappa shape index (κ1) is 9.86. The summed E-state index contributed by atoms with van der Waals surface area (Å²) in [5.74, 6) is -6.36. The molecule has 0 aliphatic carbocycles. The van der Waals surface area contributed by atoms with E-state index in [0.717, 1.165) is 0 Å². The first-order chi connectivity index (χ1) is 6.07. The maximum Gasteiger partial charge on any atom is 0.195 e. The predicted molar refractivity (Wildman–Crippen MR) is 37.7 cm³/mol. The molecule has 68 valence electrons. The molecule has 0 fully saturated rings. The van der Waals surface area contributed by atoms with E-state index in [1.165, 1.54) is 5.40 Å². The lowest BCUT2D eigenvalue weighted by molar-refractivity contribution is 0.415. The second-order valence-electron chi connectivity index (χ2n) is 1.99. The zero-order valence-electron chi connectivity index (χ0n) is 5.94. The summed E-state index contributed by atoms with van der Waals surface area (Å²) in [7, 11) is 0. The van der Waals surface area contributed by atoms with Crippen LogP contribution in [-0.2, 0) is 0 Å². The Hall–Kier alpha value is -1.22. The fourth-order valence-electron chi connectivity index (χ4n) is 0.689. The molecule has 1 rings (SSSR count). The summed E-state index contributed by atoms with van der Waals surface area (Å²) in [6.07, 6.45) is 0. The van der Waals surface area contributed by atoms with E-state index in [-0.39, 0.29) is 17.8 Å². The van der Waals surface area contributed by atoms with Gasteiger partial charge in [0.1, 0.15) is 11.2 Å². The van der Waals surface area contributed by atoms with Crippen molar-refractivity contribution in [3.05, 3.63) is 29.3 Å². The molecule has 0 spiro atoms. The minimum Gasteiger partial charge on any atom is -0.205 e. The molecule has 1 nitrogen and oxygen atoms in total. The first-order valence-electron chi connectivity index (χ1n) is 2.97. The van der Waals surface area contributed by atoms with Crippen LogP contribution in [0.25, 0.3) is 0 Å². The van der Waals surface area contributed by atoms with E-state index < -0.39 is 28.2 Å². The summed E-state index contributed by atoms with van der Waals surface area (Å²) in [5, 5.41) is 9.45. The number of nitriles is 1. The molecule has 0 aliphatic heterocycles. The molecule has 1 aromatic carbocycles. The van der Waals surface area contributed by atoms with Gasteiger partial charge in [-0.25, -0.2) is 17.6 Å². The van der Waals surface area contributed by atoms with Crippen molar-refractivity contribution in [2.24, 2.45) is 0 Å². The second-order valence-corrected chi connectivity index (χ2v) is 2.79. The Morgan fingerprint density at radius 2 is 1.69 bits per heavy atom. The monoisotopic (exact) mass is 207 g/mol. The number of nitrogens with zero attached hydrogens (tertiary/aromatic N) is 1. The highest BCUT2D eigenvalue weighted by atomic mass is 32.2. The van der Waals surface area contributed by atoms with Crippen LogP contribution in [0.5, 0.6) is 0 Å². The molecule has 0 saturated heterocycles. The quantitative estimate of drug-likeness (QED) is 0.232. The molecule has 0 atom stereocenters. The highest BCUT2D eigenvalue weighted by molar-refractivity contribution is 8.03. The summed E-state index contributed by atoms with van der Waals surface area (Å²) >= 11 is 0.100. The van der Waals surface area contributed by atoms with E-state index in [0.29, 0.717) is 0 Å². The predicted octanol–water partition coefficient (Wildman–Crippen LogP) is 2.82. The highest BCUT2D eigenvalue weighted by Crippen LogP contribution is 2.27. The van der Waals surface area contributed by atoms with E-state index in [4.69, 9.17) is 5.26 Å². The van der Waals surface area contributed by atoms with Gasteiger partial charge < -0.3 is 0 Å². The minimum atomic E-state index is -1.78. The Morgan fingerprint density at radius 3 is 2.23 bits per heavy atom. The Morgan fingerprint density at radius 1 is 1.08 bits per heavy atom. The summed E-state index contributed by atoms with van der Waals surface area (Å²) < 4.78 is 50.1. The van der Waals surface area contributed by atoms with Gasteiger partial charge in [-0.05, 0) is 11.8 Å². The smallest absolute Gasteiger partial charge is 0.195 e. The van der Waals surface area contributed by atoms with E-state index in [2.05, 4.69) is 0 Å². The van der Waals surface area contributed by atoms with E-state index >= 15 is 0 Å². The second kappa shape index (κ2) is 3.66. The zero-order chi connectivity index (χ0) is 10.0. The SMILES string of the molecule is N#CSc1c(F)cc(F)c(F)c1F. The van der Waals surface area contributed by atoms with Crippen LogP contribution in [0.4, 0.5) is 17.6 Å². The summed E-state index contributed by atoms with van der Waals surface area (Å²) in [6.45, 7) is 0. The van der Waals surface area contributed by atoms with Gasteiger partial charge in [0.05, 0.1) is 4.90 Å². The molecule has 6 heteroatoms. The van der Waals surface area contributed by atoms with Crippen LogP contribution < -0.4 is 0 Å². The Balaban J connectivity index is 3.36. The van der Waals surface area contributed by atoms with Crippen LogP contribution in [0.2, 0.25) is 0 Å². The summed E-state index contributed by atoms with van der Waals surface area (Å²) in [6, 6.07) is 0.193. The summed E-state index contributed by atoms with van der Waals surface area (Å²) in [5.41, 5.74) is 0. The van der Waals surface area contributed by atoms with Gasteiger partial charge >= 0.3 is 0 Å². The van der Waals surface area contributed by atoms with Gasteiger partial charge in [0.2, 0.25) is 0 Å². The number of halogens is 4. The van der Waals surface area contributed by atoms with Crippen LogP contribution in [0.3, 0.4) is 0 Å². The van der Waals surface area contributed by atoms with Gasteiger partial charge in [0.15, 0.2) is 17.5 Å². The molecule has 0 saturated carbocycles. The van der Waals surface area contributed by atoms with Crippen molar-refractivity contribution in [1.82, 2.24) is 0 Å². The van der Waals surface area contributed by atoms with Crippen molar-refractivity contribution < 1.29 is 17.6 Å². The van der Waals surface area contributed by atoms with Gasteiger partial charge in [-0.1, -0.05) is 0 Å². The molecular weight excluding hydrogens is 206 g/mol. The van der Waals surface area contributed by atoms with Crippen LogP contribution >= 0.6 is 11.8 Å². The molecule has 0 amide bonds. The zero-order valence-corrected chi connectivity index (χ0v) is 6.76. The van der Waals surface area contributed by atoms with Gasteiger partial charge in [0.25, 0.3) is 0 Å². The van der Waals surface area contributed by atoms with E-state index in [1.807, 2.05) is 0 Å². The van der Waals surface area contributed by atoms with Crippen LogP contribution in [0.15, 0.2) is 11.0 Å². The third kappa shape index (κ3) is 1.75. The molecule has 0 aliphatic rings. The third-order valence-electron chi connectivity index (χ3n) is 1.22. The number of hydrogen-bond donors (Lipinski definition) is 0. The maximum absolute atomic E-state index is 12.7. The summed E-state index contributed by atoms with van der Waals surface area (Å²) in [4.78, 5) is -0.832. The fourth-order valence-corrected chi connectivity index (χ4v) is 1.12. The molecule has 0 N–H and O–H groups in total. The van der Waals surface area contributed by atoms with Gasteiger partial charge in [-0.2, -0.15) is 5.26 Å². The average molecular weight is 207 g/mol. The normalized spacial score (nSPS) is 9.77. The molecule has 0 heterocycles. The largest absolute Gasteiger partial charge is 0.205 e. The van der Waals surface area contributed by atoms with Crippen LogP contribution in [0, 0.1) is 33.9 Å². The molecule has 13 heavy (non-hydrogen) atoms. The maximum atomic E-state index is 12.7. The molecular formula is C7HF4NS. The van der Waals surface area contributed by atoms with Gasteiger partial charge in [-0.15, -0.1) is 0 Å². The molecule has 0 radical (unpaired) electrons. The van der Waals surface area contributed by atoms with Crippen molar-refractivity contribution in [3.63, 3.8) is 0 Å². The van der Waals surface area contributed by atoms with Gasteiger partial charge in [0, 0.05) is 6.07 Å². The third-order valence-corrected chi connectivity index (χ3v) is 1.89. The first-order valence-corrected chi connectivity index (χ1v) is 3.78. The number of rotatable bonds is 1. The highest BCUT2D eigenvalue weighted by Gasteiger charge is 2.19. The molecule has 0 unspecified atom stereocenters. The van der Waals surface area contributed by atoms with E-state index in [1.54, 1.807) is 0 Å². The lowest BCUT2D eigenvalue weighted by Crippen LogP contribution is -1.96. The lowest BCUT2D eigenvalue weighted by atomic mass is 10.3.